The number of amides is 1. The number of nitrogens with one attached hydrogen (secondary N) is 2. The molecule has 0 saturated carbocycles. The number of rotatable bonds is 10. The van der Waals surface area contributed by atoms with Crippen molar-refractivity contribution in [2.75, 3.05) is 11.9 Å². The number of aliphatic hydroxyl groups is 1. The number of nitrogens with zero attached hydrogens (tertiary/aromatic N) is 5. The summed E-state index contributed by atoms with van der Waals surface area (Å²) < 4.78 is 31.7. The van der Waals surface area contributed by atoms with Gasteiger partial charge in [0.2, 0.25) is 5.91 Å². The summed E-state index contributed by atoms with van der Waals surface area (Å²) in [6, 6.07) is 19.8. The van der Waals surface area contributed by atoms with Crippen molar-refractivity contribution in [3.8, 4) is 5.82 Å². The molecule has 0 fully saturated rings. The zero-order valence-electron chi connectivity index (χ0n) is 22.3. The molecule has 1 aliphatic rings. The quantitative estimate of drug-likeness (QED) is 0.254. The fourth-order valence-electron chi connectivity index (χ4n) is 4.56. The number of allylic oxidation sites excluding steroid dienone is 1. The molecule has 0 unspecified atom stereocenters. The molecule has 9 nitrogen and oxygen atoms in total. The zero-order chi connectivity index (χ0) is 28.8. The van der Waals surface area contributed by atoms with Gasteiger partial charge in [-0.3, -0.25) is 18.4 Å². The summed E-state index contributed by atoms with van der Waals surface area (Å²) in [7, 11) is -2.87. The Morgan fingerprint density at radius 1 is 1.07 bits per heavy atom. The Bertz CT molecular complexity index is 1610. The molecular formula is C29H28BF2N7O2. The smallest absolute Gasteiger partial charge is 0.387 e. The molecule has 1 amide bonds. The number of carbonyl (C=O) groups excluding carboxylic acids is 1. The molecule has 208 valence electrons. The predicted octanol–water partition coefficient (Wildman–Crippen LogP) is 4.24. The van der Waals surface area contributed by atoms with E-state index >= 15 is 0 Å². The van der Waals surface area contributed by atoms with Crippen LogP contribution in [0.3, 0.4) is 0 Å². The number of halogens is 2. The van der Waals surface area contributed by atoms with Crippen LogP contribution in [0.2, 0.25) is 0 Å². The Morgan fingerprint density at radius 2 is 1.85 bits per heavy atom. The molecule has 3 N–H and O–H groups in total. The lowest BCUT2D eigenvalue weighted by molar-refractivity contribution is -0.118. The predicted molar refractivity (Wildman–Crippen MR) is 155 cm³/mol. The largest absolute Gasteiger partial charge is 0.679 e. The van der Waals surface area contributed by atoms with Gasteiger partial charge in [0.1, 0.15) is 18.3 Å². The maximum Gasteiger partial charge on any atom is 0.679 e. The second-order valence-electron chi connectivity index (χ2n) is 9.35. The van der Waals surface area contributed by atoms with E-state index < -0.39 is 19.9 Å². The highest BCUT2D eigenvalue weighted by molar-refractivity contribution is 6.42. The van der Waals surface area contributed by atoms with Gasteiger partial charge >= 0.3 is 7.40 Å². The normalized spacial score (nSPS) is 14.8. The van der Waals surface area contributed by atoms with E-state index in [1.165, 1.54) is 4.68 Å². The van der Waals surface area contributed by atoms with Crippen LogP contribution < -0.4 is 10.6 Å². The Morgan fingerprint density at radius 3 is 2.56 bits per heavy atom. The van der Waals surface area contributed by atoms with Gasteiger partial charge in [-0.1, -0.05) is 61.0 Å². The molecule has 0 spiro atoms. The van der Waals surface area contributed by atoms with Crippen LogP contribution in [-0.4, -0.2) is 50.3 Å². The minimum Gasteiger partial charge on any atom is -0.387 e. The SMILES string of the molecule is CCCc1cn(-c2ccc(/C(=C3/C=CC(=NCc4ccccc4)N3)c3ccc(NC(=O)CO)cc3)n2B(F)F)nn1. The third-order valence-electron chi connectivity index (χ3n) is 6.45. The van der Waals surface area contributed by atoms with Gasteiger partial charge in [0.15, 0.2) is 0 Å². The first kappa shape index (κ1) is 27.7. The summed E-state index contributed by atoms with van der Waals surface area (Å²) in [6.07, 6.45) is 6.82. The van der Waals surface area contributed by atoms with Crippen LogP contribution in [-0.2, 0) is 17.8 Å². The van der Waals surface area contributed by atoms with Crippen LogP contribution in [0.5, 0.6) is 0 Å². The van der Waals surface area contributed by atoms with Crippen LogP contribution in [0, 0.1) is 0 Å². The maximum atomic E-state index is 14.7. The monoisotopic (exact) mass is 555 g/mol. The average molecular weight is 555 g/mol. The minimum absolute atomic E-state index is 0.176. The molecule has 0 bridgehead atoms. The first-order valence-corrected chi connectivity index (χ1v) is 13.2. The number of hydrogen-bond donors (Lipinski definition) is 3. The molecule has 4 aromatic rings. The number of aliphatic hydroxyl groups excluding tert-OH is 1. The fraction of sp³-hybridized carbons (Fsp3) is 0.172. The number of carbonyl (C=O) groups is 1. The molecule has 1 aliphatic heterocycles. The fourth-order valence-corrected chi connectivity index (χ4v) is 4.56. The molecule has 0 atom stereocenters. The van der Waals surface area contributed by atoms with Crippen molar-refractivity contribution in [1.29, 1.82) is 0 Å². The topological polar surface area (TPSA) is 109 Å². The number of aryl methyl sites for hydroxylation is 1. The van der Waals surface area contributed by atoms with Crippen molar-refractivity contribution in [3.63, 3.8) is 0 Å². The summed E-state index contributed by atoms with van der Waals surface area (Å²) in [4.78, 5) is 16.3. The van der Waals surface area contributed by atoms with Gasteiger partial charge in [-0.05, 0) is 54.0 Å². The number of benzene rings is 2. The number of amidine groups is 1. The third-order valence-corrected chi connectivity index (χ3v) is 6.45. The zero-order valence-corrected chi connectivity index (χ0v) is 22.3. The van der Waals surface area contributed by atoms with Gasteiger partial charge in [-0.25, -0.2) is 4.68 Å². The molecule has 0 saturated heterocycles. The van der Waals surface area contributed by atoms with Crippen molar-refractivity contribution < 1.29 is 18.5 Å². The Hall–Kier alpha value is -4.84. The molecule has 2 aromatic carbocycles. The Labute approximate surface area is 236 Å². The highest BCUT2D eigenvalue weighted by atomic mass is 19.2. The first-order chi connectivity index (χ1) is 20.0. The van der Waals surface area contributed by atoms with Crippen LogP contribution in [0.25, 0.3) is 11.4 Å². The van der Waals surface area contributed by atoms with Gasteiger partial charge in [0.25, 0.3) is 0 Å². The molecule has 2 aromatic heterocycles. The van der Waals surface area contributed by atoms with E-state index in [1.54, 1.807) is 54.7 Å². The second-order valence-corrected chi connectivity index (χ2v) is 9.35. The molecule has 5 rings (SSSR count). The standard InChI is InChI=1S/C29H28BF2N7O2/c1-2-6-23-18-38(37-36-23)28-16-14-25(39(28)30(31)32)29(21-9-11-22(12-10-21)34-27(41)19-40)24-13-15-26(35-24)33-17-20-7-4-3-5-8-20/h3-5,7-16,18,40H,2,6,17,19H2,1H3,(H,33,35)(H,34,41)/b29-24-. The number of anilines is 1. The van der Waals surface area contributed by atoms with Crippen molar-refractivity contribution in [2.24, 2.45) is 4.99 Å². The van der Waals surface area contributed by atoms with Gasteiger partial charge in [0.05, 0.1) is 18.4 Å². The van der Waals surface area contributed by atoms with E-state index in [-0.39, 0.29) is 11.5 Å². The van der Waals surface area contributed by atoms with Crippen molar-refractivity contribution in [1.82, 2.24) is 24.8 Å². The summed E-state index contributed by atoms with van der Waals surface area (Å²) in [5.41, 5.74) is 4.20. The molecule has 0 aliphatic carbocycles. The van der Waals surface area contributed by atoms with Gasteiger partial charge in [-0.2, -0.15) is 0 Å². The van der Waals surface area contributed by atoms with E-state index in [9.17, 15) is 13.4 Å². The summed E-state index contributed by atoms with van der Waals surface area (Å²) in [5, 5.41) is 23.1. The molecule has 0 radical (unpaired) electrons. The number of aliphatic imine (C=N–C) groups is 1. The van der Waals surface area contributed by atoms with Crippen LogP contribution in [0.15, 0.2) is 95.8 Å². The summed E-state index contributed by atoms with van der Waals surface area (Å²) in [5.74, 6) is 0.223. The molecule has 41 heavy (non-hydrogen) atoms. The van der Waals surface area contributed by atoms with E-state index in [0.717, 1.165) is 22.2 Å². The van der Waals surface area contributed by atoms with E-state index in [1.807, 2.05) is 37.3 Å². The van der Waals surface area contributed by atoms with Gasteiger partial charge < -0.3 is 20.2 Å². The van der Waals surface area contributed by atoms with E-state index in [4.69, 9.17) is 5.11 Å². The summed E-state index contributed by atoms with van der Waals surface area (Å²) in [6.45, 7) is 1.82. The van der Waals surface area contributed by atoms with Crippen LogP contribution >= 0.6 is 0 Å². The molecule has 12 heteroatoms. The van der Waals surface area contributed by atoms with Crippen molar-refractivity contribution >= 4 is 30.4 Å². The maximum absolute atomic E-state index is 14.7. The second kappa shape index (κ2) is 12.6. The van der Waals surface area contributed by atoms with Crippen molar-refractivity contribution in [3.05, 3.63) is 113 Å². The molecular weight excluding hydrogens is 527 g/mol. The Kier molecular flexibility index (Phi) is 8.49. The van der Waals surface area contributed by atoms with Crippen LogP contribution in [0.4, 0.5) is 14.3 Å². The summed E-state index contributed by atoms with van der Waals surface area (Å²) >= 11 is 0. The van der Waals surface area contributed by atoms with E-state index in [0.29, 0.717) is 41.3 Å². The first-order valence-electron chi connectivity index (χ1n) is 13.2. The lowest BCUT2D eigenvalue weighted by Gasteiger charge is -2.16. The Balaban J connectivity index is 1.57. The van der Waals surface area contributed by atoms with Gasteiger partial charge in [-0.15, -0.1) is 5.10 Å². The highest BCUT2D eigenvalue weighted by Crippen LogP contribution is 2.32. The average Bonchev–Trinajstić information content (AvgIpc) is 3.74. The highest BCUT2D eigenvalue weighted by Gasteiger charge is 2.29. The van der Waals surface area contributed by atoms with Crippen molar-refractivity contribution in [2.45, 2.75) is 26.3 Å². The lowest BCUT2D eigenvalue weighted by Crippen LogP contribution is -2.22. The number of hydrogen-bond acceptors (Lipinski definition) is 5. The third kappa shape index (κ3) is 6.33. The van der Waals surface area contributed by atoms with Crippen LogP contribution in [0.1, 0.15) is 35.9 Å². The van der Waals surface area contributed by atoms with Gasteiger partial charge in [0, 0.05) is 22.7 Å². The number of aromatic nitrogens is 4. The lowest BCUT2D eigenvalue weighted by atomic mass is 9.98. The minimum atomic E-state index is -2.87. The van der Waals surface area contributed by atoms with E-state index in [2.05, 4.69) is 25.9 Å². The molecule has 3 heterocycles.